The number of hydrogen-bond donors (Lipinski definition) is 1. The lowest BCUT2D eigenvalue weighted by Gasteiger charge is -2.42. The number of rotatable bonds is 2. The molecule has 1 aliphatic carbocycles. The highest BCUT2D eigenvalue weighted by molar-refractivity contribution is 5.66. The van der Waals surface area contributed by atoms with Crippen molar-refractivity contribution >= 4 is 11.4 Å². The lowest BCUT2D eigenvalue weighted by molar-refractivity contribution is 0.332. The number of aryl methyl sites for hydroxylation is 1. The van der Waals surface area contributed by atoms with Crippen LogP contribution in [0, 0.1) is 6.92 Å². The summed E-state index contributed by atoms with van der Waals surface area (Å²) in [5.74, 6) is 0. The molecule has 140 valence electrons. The number of nitrogens with one attached hydrogen (secondary N) is 1. The van der Waals surface area contributed by atoms with Gasteiger partial charge in [-0.15, -0.1) is 0 Å². The van der Waals surface area contributed by atoms with E-state index in [9.17, 15) is 0 Å². The quantitative estimate of drug-likeness (QED) is 0.596. The van der Waals surface area contributed by atoms with Crippen LogP contribution < -0.4 is 5.32 Å². The summed E-state index contributed by atoms with van der Waals surface area (Å²) in [5, 5.41) is 3.67. The number of benzene rings is 2. The summed E-state index contributed by atoms with van der Waals surface area (Å²) in [6.45, 7) is 18.5. The summed E-state index contributed by atoms with van der Waals surface area (Å²) in [5.41, 5.74) is 8.80. The molecule has 0 radical (unpaired) electrons. The lowest BCUT2D eigenvalue weighted by Crippen LogP contribution is -2.33. The Balaban J connectivity index is 1.95. The van der Waals surface area contributed by atoms with Gasteiger partial charge in [-0.2, -0.15) is 0 Å². The zero-order valence-electron chi connectivity index (χ0n) is 17.9. The normalized spacial score (nSPS) is 18.3. The predicted molar refractivity (Wildman–Crippen MR) is 115 cm³/mol. The number of hydrogen-bond acceptors (Lipinski definition) is 1. The Kier molecular flexibility index (Phi) is 4.50. The van der Waals surface area contributed by atoms with Crippen molar-refractivity contribution < 1.29 is 0 Å². The standard InChI is InChI=1S/C25H35N/c1-17-15-18(23(2,3)4)9-12-22(17)26-19-10-11-20-21(16-19)25(7,8)14-13-24(20,5)6/h9-12,15-16,26H,13-14H2,1-8H3. The van der Waals surface area contributed by atoms with Gasteiger partial charge in [0.2, 0.25) is 0 Å². The van der Waals surface area contributed by atoms with Crippen LogP contribution in [0.25, 0.3) is 0 Å². The fourth-order valence-corrected chi connectivity index (χ4v) is 4.09. The van der Waals surface area contributed by atoms with E-state index in [1.807, 2.05) is 0 Å². The van der Waals surface area contributed by atoms with Gasteiger partial charge in [-0.25, -0.2) is 0 Å². The van der Waals surface area contributed by atoms with Crippen molar-refractivity contribution in [3.05, 3.63) is 58.7 Å². The molecule has 0 saturated heterocycles. The van der Waals surface area contributed by atoms with Crippen molar-refractivity contribution in [1.29, 1.82) is 0 Å². The molecule has 0 fully saturated rings. The van der Waals surface area contributed by atoms with Crippen molar-refractivity contribution in [2.45, 2.75) is 84.5 Å². The fourth-order valence-electron chi connectivity index (χ4n) is 4.09. The SMILES string of the molecule is Cc1cc(C(C)(C)C)ccc1Nc1ccc2c(c1)C(C)(C)CCC2(C)C. The van der Waals surface area contributed by atoms with Crippen LogP contribution in [-0.4, -0.2) is 0 Å². The Bertz CT molecular complexity index is 819. The second-order valence-corrected chi connectivity index (χ2v) is 10.4. The molecule has 1 nitrogen and oxygen atoms in total. The smallest absolute Gasteiger partial charge is 0.0414 e. The van der Waals surface area contributed by atoms with Crippen LogP contribution >= 0.6 is 0 Å². The van der Waals surface area contributed by atoms with Gasteiger partial charge in [-0.1, -0.05) is 66.7 Å². The van der Waals surface area contributed by atoms with Crippen molar-refractivity contribution in [3.8, 4) is 0 Å². The van der Waals surface area contributed by atoms with E-state index in [0.29, 0.717) is 0 Å². The van der Waals surface area contributed by atoms with E-state index in [0.717, 1.165) is 0 Å². The largest absolute Gasteiger partial charge is 0.355 e. The fraction of sp³-hybridized carbons (Fsp3) is 0.520. The molecule has 0 bridgehead atoms. The summed E-state index contributed by atoms with van der Waals surface area (Å²) in [6.07, 6.45) is 2.50. The van der Waals surface area contributed by atoms with Crippen LogP contribution in [-0.2, 0) is 16.2 Å². The maximum Gasteiger partial charge on any atom is 0.0414 e. The molecule has 1 N–H and O–H groups in total. The third-order valence-electron chi connectivity index (χ3n) is 6.22. The lowest BCUT2D eigenvalue weighted by atomic mass is 9.63. The van der Waals surface area contributed by atoms with E-state index in [2.05, 4.69) is 97.1 Å². The second kappa shape index (κ2) is 6.15. The summed E-state index contributed by atoms with van der Waals surface area (Å²) in [6, 6.07) is 13.8. The first-order valence-corrected chi connectivity index (χ1v) is 9.93. The average Bonchev–Trinajstić information content (AvgIpc) is 2.53. The van der Waals surface area contributed by atoms with Crippen molar-refractivity contribution in [1.82, 2.24) is 0 Å². The third-order valence-corrected chi connectivity index (χ3v) is 6.22. The molecule has 2 aromatic carbocycles. The minimum atomic E-state index is 0.185. The van der Waals surface area contributed by atoms with Crippen LogP contribution in [0.4, 0.5) is 11.4 Å². The van der Waals surface area contributed by atoms with E-state index in [4.69, 9.17) is 0 Å². The van der Waals surface area contributed by atoms with Gasteiger partial charge in [0.05, 0.1) is 0 Å². The van der Waals surface area contributed by atoms with Crippen LogP contribution in [0.3, 0.4) is 0 Å². The minimum absolute atomic E-state index is 0.185. The summed E-state index contributed by atoms with van der Waals surface area (Å²) >= 11 is 0. The second-order valence-electron chi connectivity index (χ2n) is 10.4. The van der Waals surface area contributed by atoms with Crippen LogP contribution in [0.1, 0.15) is 83.6 Å². The van der Waals surface area contributed by atoms with Gasteiger partial charge in [0.1, 0.15) is 0 Å². The number of fused-ring (bicyclic) bond motifs is 1. The maximum atomic E-state index is 3.67. The van der Waals surface area contributed by atoms with E-state index < -0.39 is 0 Å². The molecule has 0 amide bonds. The van der Waals surface area contributed by atoms with Crippen LogP contribution in [0.15, 0.2) is 36.4 Å². The van der Waals surface area contributed by atoms with Gasteiger partial charge in [-0.3, -0.25) is 0 Å². The number of anilines is 2. The maximum absolute atomic E-state index is 3.67. The van der Waals surface area contributed by atoms with E-state index >= 15 is 0 Å². The zero-order valence-corrected chi connectivity index (χ0v) is 17.9. The molecule has 0 atom stereocenters. The van der Waals surface area contributed by atoms with E-state index in [1.54, 1.807) is 0 Å². The molecule has 2 aromatic rings. The minimum Gasteiger partial charge on any atom is -0.355 e. The molecular weight excluding hydrogens is 314 g/mol. The van der Waals surface area contributed by atoms with Gasteiger partial charge in [0.15, 0.2) is 0 Å². The third kappa shape index (κ3) is 3.54. The molecule has 0 aliphatic heterocycles. The summed E-state index contributed by atoms with van der Waals surface area (Å²) < 4.78 is 0. The highest BCUT2D eigenvalue weighted by atomic mass is 14.9. The zero-order chi connectivity index (χ0) is 19.3. The van der Waals surface area contributed by atoms with Gasteiger partial charge >= 0.3 is 0 Å². The summed E-state index contributed by atoms with van der Waals surface area (Å²) in [7, 11) is 0. The molecule has 3 rings (SSSR count). The molecular formula is C25H35N. The molecule has 0 aromatic heterocycles. The molecule has 26 heavy (non-hydrogen) atoms. The van der Waals surface area contributed by atoms with Gasteiger partial charge in [0.25, 0.3) is 0 Å². The first kappa shape index (κ1) is 19.0. The van der Waals surface area contributed by atoms with Gasteiger partial charge in [0, 0.05) is 11.4 Å². The van der Waals surface area contributed by atoms with E-state index in [1.165, 1.54) is 46.5 Å². The Hall–Kier alpha value is -1.76. The highest BCUT2D eigenvalue weighted by Gasteiger charge is 2.36. The van der Waals surface area contributed by atoms with Gasteiger partial charge < -0.3 is 5.32 Å². The monoisotopic (exact) mass is 349 g/mol. The van der Waals surface area contributed by atoms with Crippen molar-refractivity contribution in [3.63, 3.8) is 0 Å². The van der Waals surface area contributed by atoms with Crippen LogP contribution in [0.2, 0.25) is 0 Å². The molecule has 0 heterocycles. The van der Waals surface area contributed by atoms with Crippen molar-refractivity contribution in [2.24, 2.45) is 0 Å². The molecule has 0 saturated carbocycles. The molecule has 1 heteroatoms. The first-order chi connectivity index (χ1) is 11.9. The van der Waals surface area contributed by atoms with E-state index in [-0.39, 0.29) is 16.2 Å². The first-order valence-electron chi connectivity index (χ1n) is 9.93. The Morgan fingerprint density at radius 2 is 1.42 bits per heavy atom. The van der Waals surface area contributed by atoms with Gasteiger partial charge in [-0.05, 0) is 76.5 Å². The molecule has 1 aliphatic rings. The topological polar surface area (TPSA) is 12.0 Å². The Morgan fingerprint density at radius 1 is 0.808 bits per heavy atom. The van der Waals surface area contributed by atoms with Crippen molar-refractivity contribution in [2.75, 3.05) is 5.32 Å². The average molecular weight is 350 g/mol. The molecule has 0 spiro atoms. The predicted octanol–water partition coefficient (Wildman–Crippen LogP) is 7.39. The highest BCUT2D eigenvalue weighted by Crippen LogP contribution is 2.46. The Labute approximate surface area is 160 Å². The Morgan fingerprint density at radius 3 is 2.00 bits per heavy atom. The summed E-state index contributed by atoms with van der Waals surface area (Å²) in [4.78, 5) is 0. The molecule has 0 unspecified atom stereocenters. The van der Waals surface area contributed by atoms with Crippen LogP contribution in [0.5, 0.6) is 0 Å².